The molecular weight excluding hydrogens is 424 g/mol. The summed E-state index contributed by atoms with van der Waals surface area (Å²) in [5.41, 5.74) is 4.47. The summed E-state index contributed by atoms with van der Waals surface area (Å²) >= 11 is 1.46. The Morgan fingerprint density at radius 3 is 2.69 bits per heavy atom. The second-order valence-electron chi connectivity index (χ2n) is 7.30. The molecule has 0 spiro atoms. The lowest BCUT2D eigenvalue weighted by molar-refractivity contribution is 0.211. The van der Waals surface area contributed by atoms with Crippen LogP contribution in [0.3, 0.4) is 0 Å². The number of aliphatic hydroxyl groups excluding tert-OH is 1. The normalized spacial score (nSPS) is 12.1. The van der Waals surface area contributed by atoms with E-state index in [2.05, 4.69) is 30.6 Å². The van der Waals surface area contributed by atoms with Crippen LogP contribution in [0.4, 0.5) is 17.6 Å². The molecule has 8 nitrogen and oxygen atoms in total. The Morgan fingerprint density at radius 2 is 1.88 bits per heavy atom. The van der Waals surface area contributed by atoms with Crippen LogP contribution in [-0.4, -0.2) is 25.0 Å². The highest BCUT2D eigenvalue weighted by Crippen LogP contribution is 2.26. The van der Waals surface area contributed by atoms with Crippen LogP contribution in [0.25, 0.3) is 22.3 Å². The van der Waals surface area contributed by atoms with E-state index in [1.165, 1.54) is 17.4 Å². The number of aromatic amines is 2. The molecule has 0 saturated heterocycles. The van der Waals surface area contributed by atoms with Crippen LogP contribution in [0.1, 0.15) is 16.7 Å². The fraction of sp³-hybridized carbons (Fsp3) is 0.0870. The highest BCUT2D eigenvalue weighted by Gasteiger charge is 2.12. The van der Waals surface area contributed by atoms with Crippen LogP contribution in [0.15, 0.2) is 70.8 Å². The van der Waals surface area contributed by atoms with Gasteiger partial charge in [-0.3, -0.25) is 9.78 Å². The van der Waals surface area contributed by atoms with Crippen molar-refractivity contribution in [2.24, 2.45) is 0 Å². The number of imidazole rings is 1. The van der Waals surface area contributed by atoms with Gasteiger partial charge in [0.25, 0.3) is 5.56 Å². The van der Waals surface area contributed by atoms with Crippen LogP contribution < -0.4 is 16.2 Å². The zero-order chi connectivity index (χ0) is 22.1. The minimum absolute atomic E-state index is 0.253. The standard InChI is InChI=1S/C23H20N6O2S/c1-13-5-2-3-6-15(13)24-22-26-17(12-20(30)28-22)14-8-9-16-18(11-14)27-23(25-16)29-21(31)19-7-4-10-32-19/h2-12,21,31H,1H3,(H2,25,27,29)(H2,24,26,28,30). The summed E-state index contributed by atoms with van der Waals surface area (Å²) in [6.07, 6.45) is -0.848. The second-order valence-corrected chi connectivity index (χ2v) is 8.28. The van der Waals surface area contributed by atoms with Gasteiger partial charge in [0.05, 0.1) is 21.6 Å². The van der Waals surface area contributed by atoms with E-state index in [1.54, 1.807) is 0 Å². The van der Waals surface area contributed by atoms with Crippen LogP contribution in [0, 0.1) is 6.92 Å². The van der Waals surface area contributed by atoms with E-state index in [0.29, 0.717) is 17.6 Å². The van der Waals surface area contributed by atoms with Gasteiger partial charge in [0, 0.05) is 17.3 Å². The maximum atomic E-state index is 12.3. The molecular formula is C23H20N6O2S. The number of hydrogen-bond donors (Lipinski definition) is 5. The van der Waals surface area contributed by atoms with Crippen molar-refractivity contribution < 1.29 is 5.11 Å². The molecule has 0 bridgehead atoms. The molecule has 0 saturated carbocycles. The van der Waals surface area contributed by atoms with Crippen molar-refractivity contribution in [3.05, 3.63) is 86.8 Å². The third-order valence-electron chi connectivity index (χ3n) is 5.00. The lowest BCUT2D eigenvalue weighted by Gasteiger charge is -2.09. The molecule has 2 aromatic carbocycles. The Hall–Kier alpha value is -3.95. The third-order valence-corrected chi connectivity index (χ3v) is 5.93. The molecule has 5 aromatic rings. The first-order valence-electron chi connectivity index (χ1n) is 9.97. The maximum absolute atomic E-state index is 12.3. The number of para-hydroxylation sites is 1. The third kappa shape index (κ3) is 4.11. The molecule has 0 aliphatic rings. The molecule has 5 N–H and O–H groups in total. The number of aliphatic hydroxyl groups is 1. The molecule has 3 aromatic heterocycles. The quantitative estimate of drug-likeness (QED) is 0.246. The summed E-state index contributed by atoms with van der Waals surface area (Å²) in [5, 5.41) is 18.3. The maximum Gasteiger partial charge on any atom is 0.252 e. The van der Waals surface area contributed by atoms with Gasteiger partial charge in [0.2, 0.25) is 11.9 Å². The van der Waals surface area contributed by atoms with E-state index in [1.807, 2.05) is 66.9 Å². The summed E-state index contributed by atoms with van der Waals surface area (Å²) in [6.45, 7) is 1.98. The molecule has 0 radical (unpaired) electrons. The number of H-pyrrole nitrogens is 2. The van der Waals surface area contributed by atoms with Gasteiger partial charge in [-0.25, -0.2) is 9.97 Å². The molecule has 160 valence electrons. The average molecular weight is 445 g/mol. The molecule has 0 aliphatic heterocycles. The first-order chi connectivity index (χ1) is 15.5. The van der Waals surface area contributed by atoms with Gasteiger partial charge >= 0.3 is 0 Å². The highest BCUT2D eigenvalue weighted by atomic mass is 32.1. The Balaban J connectivity index is 1.43. The number of nitrogens with one attached hydrogen (secondary N) is 4. The number of aryl methyl sites for hydroxylation is 1. The summed E-state index contributed by atoms with van der Waals surface area (Å²) in [4.78, 5) is 28.0. The number of hydrogen-bond acceptors (Lipinski definition) is 7. The van der Waals surface area contributed by atoms with Crippen molar-refractivity contribution in [1.29, 1.82) is 0 Å². The smallest absolute Gasteiger partial charge is 0.252 e. The van der Waals surface area contributed by atoms with Crippen molar-refractivity contribution >= 4 is 40.0 Å². The molecule has 32 heavy (non-hydrogen) atoms. The molecule has 5 rings (SSSR count). The fourth-order valence-corrected chi connectivity index (χ4v) is 4.05. The Labute approximate surface area is 187 Å². The van der Waals surface area contributed by atoms with E-state index in [9.17, 15) is 9.90 Å². The van der Waals surface area contributed by atoms with Gasteiger partial charge < -0.3 is 20.7 Å². The van der Waals surface area contributed by atoms with E-state index in [4.69, 9.17) is 0 Å². The van der Waals surface area contributed by atoms with Crippen molar-refractivity contribution in [2.75, 3.05) is 10.6 Å². The highest BCUT2D eigenvalue weighted by molar-refractivity contribution is 7.10. The summed E-state index contributed by atoms with van der Waals surface area (Å²) in [7, 11) is 0. The zero-order valence-electron chi connectivity index (χ0n) is 17.1. The predicted molar refractivity (Wildman–Crippen MR) is 127 cm³/mol. The van der Waals surface area contributed by atoms with E-state index in [0.717, 1.165) is 32.7 Å². The molecule has 3 heterocycles. The van der Waals surface area contributed by atoms with Gasteiger partial charge in [0.1, 0.15) is 0 Å². The number of benzene rings is 2. The Bertz CT molecular complexity index is 1440. The van der Waals surface area contributed by atoms with Crippen molar-refractivity contribution in [1.82, 2.24) is 19.9 Å². The monoisotopic (exact) mass is 444 g/mol. The van der Waals surface area contributed by atoms with Crippen molar-refractivity contribution in [3.63, 3.8) is 0 Å². The van der Waals surface area contributed by atoms with E-state index in [-0.39, 0.29) is 5.56 Å². The molecule has 1 atom stereocenters. The Kier molecular flexibility index (Phi) is 5.18. The number of nitrogens with zero attached hydrogens (tertiary/aromatic N) is 2. The van der Waals surface area contributed by atoms with Crippen LogP contribution in [0.2, 0.25) is 0 Å². The molecule has 0 aliphatic carbocycles. The number of aromatic nitrogens is 4. The number of fused-ring (bicyclic) bond motifs is 1. The molecule has 0 fully saturated rings. The van der Waals surface area contributed by atoms with Crippen LogP contribution >= 0.6 is 11.3 Å². The lowest BCUT2D eigenvalue weighted by atomic mass is 10.1. The van der Waals surface area contributed by atoms with E-state index < -0.39 is 6.23 Å². The first-order valence-corrected chi connectivity index (χ1v) is 10.9. The SMILES string of the molecule is Cc1ccccc1Nc1nc(-c2ccc3nc(NC(O)c4cccs4)[nH]c3c2)cc(=O)[nH]1. The van der Waals surface area contributed by atoms with Gasteiger partial charge in [0.15, 0.2) is 6.23 Å². The molecule has 9 heteroatoms. The number of rotatable bonds is 6. The minimum atomic E-state index is -0.848. The average Bonchev–Trinajstić information content (AvgIpc) is 3.44. The van der Waals surface area contributed by atoms with Crippen LogP contribution in [-0.2, 0) is 0 Å². The number of thiophene rings is 1. The number of anilines is 3. The molecule has 1 unspecified atom stereocenters. The van der Waals surface area contributed by atoms with Crippen molar-refractivity contribution in [2.45, 2.75) is 13.2 Å². The van der Waals surface area contributed by atoms with Crippen molar-refractivity contribution in [3.8, 4) is 11.3 Å². The fourth-order valence-electron chi connectivity index (χ4n) is 3.39. The summed E-state index contributed by atoms with van der Waals surface area (Å²) in [6, 6.07) is 18.6. The van der Waals surface area contributed by atoms with Gasteiger partial charge in [-0.1, -0.05) is 30.3 Å². The van der Waals surface area contributed by atoms with Crippen LogP contribution in [0.5, 0.6) is 0 Å². The van der Waals surface area contributed by atoms with Gasteiger partial charge in [-0.15, -0.1) is 11.3 Å². The van der Waals surface area contributed by atoms with E-state index >= 15 is 0 Å². The first kappa shape index (κ1) is 20.0. The van der Waals surface area contributed by atoms with Gasteiger partial charge in [-0.05, 0) is 42.1 Å². The minimum Gasteiger partial charge on any atom is -0.369 e. The topological polar surface area (TPSA) is 119 Å². The van der Waals surface area contributed by atoms with Gasteiger partial charge in [-0.2, -0.15) is 0 Å². The second kappa shape index (κ2) is 8.29. The summed E-state index contributed by atoms with van der Waals surface area (Å²) in [5.74, 6) is 0.826. The predicted octanol–water partition coefficient (Wildman–Crippen LogP) is 4.53. The summed E-state index contributed by atoms with van der Waals surface area (Å²) < 4.78 is 0. The zero-order valence-corrected chi connectivity index (χ0v) is 17.9. The lowest BCUT2D eigenvalue weighted by Crippen LogP contribution is -2.10. The molecule has 0 amide bonds. The Morgan fingerprint density at radius 1 is 1.00 bits per heavy atom. The largest absolute Gasteiger partial charge is 0.369 e.